The number of rotatable bonds is 2. The molecule has 0 N–H and O–H groups in total. The number of benzene rings is 2. The summed E-state index contributed by atoms with van der Waals surface area (Å²) >= 11 is 7.73. The van der Waals surface area contributed by atoms with Gasteiger partial charge in [0.1, 0.15) is 5.01 Å². The molecule has 2 aromatic heterocycles. The van der Waals surface area contributed by atoms with Gasteiger partial charge in [-0.1, -0.05) is 29.8 Å². The molecule has 0 aliphatic carbocycles. The van der Waals surface area contributed by atoms with Gasteiger partial charge in [0, 0.05) is 28.5 Å². The van der Waals surface area contributed by atoms with Crippen molar-refractivity contribution in [1.29, 1.82) is 0 Å². The molecule has 0 unspecified atom stereocenters. The number of fused-ring (bicyclic) bond motifs is 1. The molecule has 0 bridgehead atoms. The molecule has 0 fully saturated rings. The molecular weight excluding hydrogens is 312 g/mol. The number of halogens is 1. The van der Waals surface area contributed by atoms with Crippen LogP contribution in [0, 0.1) is 12.3 Å². The molecule has 4 heteroatoms. The monoisotopic (exact) mass is 320 g/mol. The van der Waals surface area contributed by atoms with E-state index in [9.17, 15) is 0 Å². The highest BCUT2D eigenvalue weighted by molar-refractivity contribution is 7.21. The summed E-state index contributed by atoms with van der Waals surface area (Å²) in [5.41, 5.74) is 4.11. The van der Waals surface area contributed by atoms with Crippen LogP contribution >= 0.6 is 22.9 Å². The van der Waals surface area contributed by atoms with Gasteiger partial charge in [-0.15, -0.1) is 11.3 Å². The Morgan fingerprint density at radius 2 is 1.95 bits per heavy atom. The molecule has 0 saturated heterocycles. The van der Waals surface area contributed by atoms with Crippen LogP contribution in [0.5, 0.6) is 0 Å². The number of nitrogens with zero attached hydrogens (tertiary/aromatic N) is 2. The second-order valence-electron chi connectivity index (χ2n) is 4.83. The fourth-order valence-corrected chi connectivity index (χ4v) is 3.43. The normalized spacial score (nSPS) is 10.6. The topological polar surface area (TPSA) is 25.8 Å². The van der Waals surface area contributed by atoms with E-state index in [-0.39, 0.29) is 0 Å². The van der Waals surface area contributed by atoms with E-state index in [0.29, 0.717) is 0 Å². The summed E-state index contributed by atoms with van der Waals surface area (Å²) < 4.78 is 1.15. The summed E-state index contributed by atoms with van der Waals surface area (Å²) in [7, 11) is 0. The van der Waals surface area contributed by atoms with Crippen LogP contribution in [-0.4, -0.2) is 9.97 Å². The highest BCUT2D eigenvalue weighted by Crippen LogP contribution is 2.33. The second-order valence-corrected chi connectivity index (χ2v) is 6.29. The molecule has 104 valence electrons. The smallest absolute Gasteiger partial charge is 0.124 e. The summed E-state index contributed by atoms with van der Waals surface area (Å²) in [6.07, 6.45) is 4.45. The van der Waals surface area contributed by atoms with Crippen LogP contribution in [0.1, 0.15) is 0 Å². The lowest BCUT2D eigenvalue weighted by atomic mass is 10.1. The minimum atomic E-state index is 0.722. The van der Waals surface area contributed by atoms with Gasteiger partial charge in [-0.3, -0.25) is 0 Å². The van der Waals surface area contributed by atoms with Crippen LogP contribution < -0.4 is 0 Å². The molecule has 0 aliphatic rings. The zero-order valence-corrected chi connectivity index (χ0v) is 12.9. The van der Waals surface area contributed by atoms with Gasteiger partial charge in [0.05, 0.1) is 10.2 Å². The minimum Gasteiger partial charge on any atom is -0.236 e. The number of hydrogen-bond donors (Lipinski definition) is 0. The predicted molar refractivity (Wildman–Crippen MR) is 91.0 cm³/mol. The van der Waals surface area contributed by atoms with Crippen LogP contribution in [0.3, 0.4) is 0 Å². The summed E-state index contributed by atoms with van der Waals surface area (Å²) in [6.45, 7) is 0. The summed E-state index contributed by atoms with van der Waals surface area (Å²) in [5.74, 6) is 0. The first-order chi connectivity index (χ1) is 10.8. The Kier molecular flexibility index (Phi) is 3.27. The van der Waals surface area contributed by atoms with Gasteiger partial charge in [-0.05, 0) is 42.0 Å². The first-order valence-electron chi connectivity index (χ1n) is 6.70. The molecule has 2 aromatic carbocycles. The van der Waals surface area contributed by atoms with Crippen molar-refractivity contribution in [2.45, 2.75) is 0 Å². The SMILES string of the molecule is Clc1cccc(-c2nc3cc(-c4cc#cnc4)ccc3s2)c1. The fraction of sp³-hybridized carbons (Fsp3) is 0. The zero-order valence-electron chi connectivity index (χ0n) is 11.4. The van der Waals surface area contributed by atoms with Crippen molar-refractivity contribution in [3.05, 3.63) is 72.0 Å². The lowest BCUT2D eigenvalue weighted by molar-refractivity contribution is 1.35. The van der Waals surface area contributed by atoms with E-state index in [1.807, 2.05) is 30.3 Å². The highest BCUT2D eigenvalue weighted by Gasteiger charge is 2.08. The molecule has 0 radical (unpaired) electrons. The maximum Gasteiger partial charge on any atom is 0.124 e. The van der Waals surface area contributed by atoms with Gasteiger partial charge >= 0.3 is 0 Å². The first kappa shape index (κ1) is 13.3. The van der Waals surface area contributed by atoms with E-state index in [1.165, 1.54) is 0 Å². The van der Waals surface area contributed by atoms with Crippen LogP contribution in [-0.2, 0) is 0 Å². The molecule has 2 heterocycles. The summed E-state index contributed by atoms with van der Waals surface area (Å²) in [4.78, 5) is 8.72. The van der Waals surface area contributed by atoms with Crippen molar-refractivity contribution in [2.75, 3.05) is 0 Å². The predicted octanol–water partition coefficient (Wildman–Crippen LogP) is 5.28. The molecule has 2 nitrogen and oxygen atoms in total. The Labute approximate surface area is 137 Å². The van der Waals surface area contributed by atoms with Crippen LogP contribution in [0.15, 0.2) is 54.7 Å². The Balaban J connectivity index is 1.82. The van der Waals surface area contributed by atoms with Crippen molar-refractivity contribution < 1.29 is 0 Å². The molecule has 0 aliphatic heterocycles. The lowest BCUT2D eigenvalue weighted by Crippen LogP contribution is -1.78. The van der Waals surface area contributed by atoms with Gasteiger partial charge in [-0.25, -0.2) is 9.97 Å². The molecule has 0 saturated carbocycles. The van der Waals surface area contributed by atoms with Crippen molar-refractivity contribution in [1.82, 2.24) is 9.97 Å². The van der Waals surface area contributed by atoms with E-state index in [0.717, 1.165) is 36.9 Å². The van der Waals surface area contributed by atoms with E-state index in [2.05, 4.69) is 35.4 Å². The van der Waals surface area contributed by atoms with E-state index in [1.54, 1.807) is 17.5 Å². The highest BCUT2D eigenvalue weighted by atomic mass is 35.5. The number of aromatic nitrogens is 2. The van der Waals surface area contributed by atoms with Crippen molar-refractivity contribution in [3.63, 3.8) is 0 Å². The number of thiazole rings is 1. The van der Waals surface area contributed by atoms with Gasteiger partial charge in [-0.2, -0.15) is 0 Å². The molecular formula is C18H9ClN2S. The lowest BCUT2D eigenvalue weighted by Gasteiger charge is -1.98. The largest absolute Gasteiger partial charge is 0.236 e. The minimum absolute atomic E-state index is 0.722. The van der Waals surface area contributed by atoms with Crippen molar-refractivity contribution >= 4 is 33.2 Å². The van der Waals surface area contributed by atoms with Crippen molar-refractivity contribution in [2.24, 2.45) is 0 Å². The van der Waals surface area contributed by atoms with Gasteiger partial charge < -0.3 is 0 Å². The molecule has 0 amide bonds. The van der Waals surface area contributed by atoms with Crippen molar-refractivity contribution in [3.8, 4) is 21.7 Å². The zero-order chi connectivity index (χ0) is 14.9. The Bertz CT molecular complexity index is 948. The quantitative estimate of drug-likeness (QED) is 0.502. The fourth-order valence-electron chi connectivity index (χ4n) is 2.30. The standard InChI is InChI=1S/C18H9ClN2S/c19-15-5-1-3-13(9-15)18-21-16-10-12(6-7-17(16)22-18)14-4-2-8-20-11-14/h1,3-7,9-11H. The summed E-state index contributed by atoms with van der Waals surface area (Å²) in [6, 6.07) is 18.8. The molecule has 0 atom stereocenters. The van der Waals surface area contributed by atoms with Gasteiger partial charge in [0.25, 0.3) is 0 Å². The Hall–Kier alpha value is -2.41. The van der Waals surface area contributed by atoms with Gasteiger partial charge in [0.2, 0.25) is 0 Å². The third kappa shape index (κ3) is 2.43. The number of hydrogen-bond acceptors (Lipinski definition) is 3. The first-order valence-corrected chi connectivity index (χ1v) is 7.90. The van der Waals surface area contributed by atoms with Crippen LogP contribution in [0.4, 0.5) is 0 Å². The Morgan fingerprint density at radius 3 is 2.77 bits per heavy atom. The van der Waals surface area contributed by atoms with Gasteiger partial charge in [0.15, 0.2) is 0 Å². The third-order valence-corrected chi connectivity index (χ3v) is 4.67. The second kappa shape index (κ2) is 5.42. The molecule has 4 aromatic rings. The van der Waals surface area contributed by atoms with Crippen LogP contribution in [0.25, 0.3) is 31.9 Å². The molecule has 0 spiro atoms. The summed E-state index contributed by atoms with van der Waals surface area (Å²) in [5, 5.41) is 1.69. The molecule has 22 heavy (non-hydrogen) atoms. The van der Waals surface area contributed by atoms with E-state index < -0.39 is 0 Å². The van der Waals surface area contributed by atoms with Crippen LogP contribution in [0.2, 0.25) is 5.02 Å². The maximum atomic E-state index is 6.06. The Morgan fingerprint density at radius 1 is 1.00 bits per heavy atom. The molecule has 4 rings (SSSR count). The average molecular weight is 321 g/mol. The van der Waals surface area contributed by atoms with E-state index in [4.69, 9.17) is 16.6 Å². The van der Waals surface area contributed by atoms with E-state index >= 15 is 0 Å². The maximum absolute atomic E-state index is 6.06. The third-order valence-electron chi connectivity index (χ3n) is 3.35. The average Bonchev–Trinajstić information content (AvgIpc) is 2.99.